The lowest BCUT2D eigenvalue weighted by Gasteiger charge is -2.16. The van der Waals surface area contributed by atoms with Gasteiger partial charge in [-0.05, 0) is 56.5 Å². The van der Waals surface area contributed by atoms with Gasteiger partial charge in [-0.3, -0.25) is 4.79 Å². The molecule has 4 rings (SSSR count). The molecule has 6 heteroatoms. The van der Waals surface area contributed by atoms with E-state index in [1.54, 1.807) is 6.92 Å². The third-order valence-electron chi connectivity index (χ3n) is 5.17. The van der Waals surface area contributed by atoms with E-state index in [-0.39, 0.29) is 5.91 Å². The van der Waals surface area contributed by atoms with E-state index < -0.39 is 6.10 Å². The van der Waals surface area contributed by atoms with Crippen LogP contribution in [0.3, 0.4) is 0 Å². The van der Waals surface area contributed by atoms with Crippen molar-refractivity contribution in [3.63, 3.8) is 0 Å². The molecule has 29 heavy (non-hydrogen) atoms. The maximum Gasteiger partial charge on any atom is 0.265 e. The first-order valence-corrected chi connectivity index (χ1v) is 10.2. The number of anilines is 1. The van der Waals surface area contributed by atoms with Gasteiger partial charge in [-0.25, -0.2) is 0 Å². The SMILES string of the molecule is Cc1cccc(NC(=O)C(C)Oc2cccc(-c3nnc4n3CCCCC4)c2)c1. The standard InChI is InChI=1S/C23H26N4O2/c1-16-8-6-10-19(14-16)24-23(28)17(2)29-20-11-7-9-18(15-20)22-26-25-21-12-4-3-5-13-27(21)22/h6-11,14-15,17H,3-5,12-13H2,1-2H3,(H,24,28). The molecule has 1 aromatic heterocycles. The van der Waals surface area contributed by atoms with Crippen LogP contribution in [0, 0.1) is 6.92 Å². The summed E-state index contributed by atoms with van der Waals surface area (Å²) >= 11 is 0. The van der Waals surface area contributed by atoms with Crippen LogP contribution in [0.1, 0.15) is 37.6 Å². The third kappa shape index (κ3) is 4.47. The maximum atomic E-state index is 12.5. The predicted molar refractivity (Wildman–Crippen MR) is 113 cm³/mol. The minimum atomic E-state index is -0.624. The van der Waals surface area contributed by atoms with Crippen molar-refractivity contribution in [2.45, 2.75) is 52.2 Å². The molecule has 150 valence electrons. The number of nitrogens with one attached hydrogen (secondary N) is 1. The number of aromatic nitrogens is 3. The molecule has 0 radical (unpaired) electrons. The normalized spacial score (nSPS) is 14.6. The molecule has 6 nitrogen and oxygen atoms in total. The first kappa shape index (κ1) is 19.2. The van der Waals surface area contributed by atoms with Gasteiger partial charge < -0.3 is 14.6 Å². The highest BCUT2D eigenvalue weighted by atomic mass is 16.5. The summed E-state index contributed by atoms with van der Waals surface area (Å²) in [7, 11) is 0. The molecule has 3 aromatic rings. The predicted octanol–water partition coefficient (Wildman–Crippen LogP) is 4.39. The summed E-state index contributed by atoms with van der Waals surface area (Å²) in [4.78, 5) is 12.5. The summed E-state index contributed by atoms with van der Waals surface area (Å²) in [6, 6.07) is 15.4. The molecule has 1 unspecified atom stereocenters. The zero-order valence-corrected chi connectivity index (χ0v) is 16.9. The number of hydrogen-bond donors (Lipinski definition) is 1. The van der Waals surface area contributed by atoms with Gasteiger partial charge in [0.1, 0.15) is 11.6 Å². The zero-order chi connectivity index (χ0) is 20.2. The minimum Gasteiger partial charge on any atom is -0.481 e. The Balaban J connectivity index is 1.48. The number of aryl methyl sites for hydroxylation is 2. The van der Waals surface area contributed by atoms with Crippen molar-refractivity contribution in [2.75, 3.05) is 5.32 Å². The highest BCUT2D eigenvalue weighted by Gasteiger charge is 2.18. The van der Waals surface area contributed by atoms with Crippen LogP contribution in [-0.2, 0) is 17.8 Å². The van der Waals surface area contributed by atoms with E-state index in [2.05, 4.69) is 20.1 Å². The first-order valence-electron chi connectivity index (χ1n) is 10.2. The first-order chi connectivity index (χ1) is 14.1. The van der Waals surface area contributed by atoms with Crippen molar-refractivity contribution >= 4 is 11.6 Å². The molecule has 1 amide bonds. The average Bonchev–Trinajstić information content (AvgIpc) is 2.96. The number of benzene rings is 2. The van der Waals surface area contributed by atoms with Crippen LogP contribution in [0.5, 0.6) is 5.75 Å². The Kier molecular flexibility index (Phi) is 5.60. The fraction of sp³-hybridized carbons (Fsp3) is 0.348. The average molecular weight is 390 g/mol. The van der Waals surface area contributed by atoms with Crippen LogP contribution in [0.2, 0.25) is 0 Å². The summed E-state index contributed by atoms with van der Waals surface area (Å²) < 4.78 is 8.12. The summed E-state index contributed by atoms with van der Waals surface area (Å²) in [6.45, 7) is 4.69. The summed E-state index contributed by atoms with van der Waals surface area (Å²) in [5.74, 6) is 2.37. The van der Waals surface area contributed by atoms with Gasteiger partial charge in [0.2, 0.25) is 0 Å². The largest absolute Gasteiger partial charge is 0.481 e. The molecule has 0 fully saturated rings. The number of rotatable bonds is 5. The van der Waals surface area contributed by atoms with E-state index >= 15 is 0 Å². The number of amides is 1. The topological polar surface area (TPSA) is 69.0 Å². The molecular formula is C23H26N4O2. The quantitative estimate of drug-likeness (QED) is 0.702. The zero-order valence-electron chi connectivity index (χ0n) is 16.9. The minimum absolute atomic E-state index is 0.183. The van der Waals surface area contributed by atoms with Crippen LogP contribution >= 0.6 is 0 Å². The fourth-order valence-electron chi connectivity index (χ4n) is 3.63. The lowest BCUT2D eigenvalue weighted by atomic mass is 10.2. The molecular weight excluding hydrogens is 364 g/mol. The van der Waals surface area contributed by atoms with Gasteiger partial charge in [-0.1, -0.05) is 30.7 Å². The summed E-state index contributed by atoms with van der Waals surface area (Å²) in [6.07, 6.45) is 3.87. The van der Waals surface area contributed by atoms with Crippen molar-refractivity contribution in [1.82, 2.24) is 14.8 Å². The van der Waals surface area contributed by atoms with Gasteiger partial charge >= 0.3 is 0 Å². The van der Waals surface area contributed by atoms with Crippen LogP contribution < -0.4 is 10.1 Å². The van der Waals surface area contributed by atoms with Gasteiger partial charge in [0, 0.05) is 24.2 Å². The van der Waals surface area contributed by atoms with E-state index in [9.17, 15) is 4.79 Å². The van der Waals surface area contributed by atoms with Gasteiger partial charge in [-0.2, -0.15) is 0 Å². The maximum absolute atomic E-state index is 12.5. The molecule has 0 spiro atoms. The summed E-state index contributed by atoms with van der Waals surface area (Å²) in [5, 5.41) is 11.7. The van der Waals surface area contributed by atoms with E-state index in [1.807, 2.05) is 55.5 Å². The second kappa shape index (κ2) is 8.47. The van der Waals surface area contributed by atoms with E-state index in [4.69, 9.17) is 4.74 Å². The van der Waals surface area contributed by atoms with Crippen LogP contribution in [-0.4, -0.2) is 26.8 Å². The van der Waals surface area contributed by atoms with E-state index in [0.717, 1.165) is 54.3 Å². The Hall–Kier alpha value is -3.15. The number of carbonyl (C=O) groups excluding carboxylic acids is 1. The van der Waals surface area contributed by atoms with Crippen molar-refractivity contribution in [3.8, 4) is 17.1 Å². The Labute approximate surface area is 170 Å². The number of nitrogens with zero attached hydrogens (tertiary/aromatic N) is 3. The van der Waals surface area contributed by atoms with Crippen molar-refractivity contribution in [1.29, 1.82) is 0 Å². The van der Waals surface area contributed by atoms with Crippen LogP contribution in [0.4, 0.5) is 5.69 Å². The Morgan fingerprint density at radius 3 is 2.83 bits per heavy atom. The number of fused-ring (bicyclic) bond motifs is 1. The molecule has 1 N–H and O–H groups in total. The molecule has 2 aromatic carbocycles. The second-order valence-corrected chi connectivity index (χ2v) is 7.55. The van der Waals surface area contributed by atoms with Gasteiger partial charge in [0.05, 0.1) is 0 Å². The molecule has 1 aliphatic heterocycles. The molecule has 1 aliphatic rings. The highest BCUT2D eigenvalue weighted by Crippen LogP contribution is 2.26. The molecule has 2 heterocycles. The van der Waals surface area contributed by atoms with Gasteiger partial charge in [0.15, 0.2) is 11.9 Å². The summed E-state index contributed by atoms with van der Waals surface area (Å²) in [5.41, 5.74) is 2.82. The van der Waals surface area contributed by atoms with Crippen LogP contribution in [0.25, 0.3) is 11.4 Å². The van der Waals surface area contributed by atoms with Crippen molar-refractivity contribution in [2.24, 2.45) is 0 Å². The van der Waals surface area contributed by atoms with Crippen molar-refractivity contribution in [3.05, 3.63) is 59.9 Å². The van der Waals surface area contributed by atoms with Gasteiger partial charge in [-0.15, -0.1) is 10.2 Å². The van der Waals surface area contributed by atoms with E-state index in [0.29, 0.717) is 5.75 Å². The number of hydrogen-bond acceptors (Lipinski definition) is 4. The molecule has 0 saturated carbocycles. The van der Waals surface area contributed by atoms with Gasteiger partial charge in [0.25, 0.3) is 5.91 Å². The number of carbonyl (C=O) groups is 1. The number of ether oxygens (including phenoxy) is 1. The second-order valence-electron chi connectivity index (χ2n) is 7.55. The Morgan fingerprint density at radius 2 is 1.97 bits per heavy atom. The molecule has 1 atom stereocenters. The van der Waals surface area contributed by atoms with Crippen LogP contribution in [0.15, 0.2) is 48.5 Å². The lowest BCUT2D eigenvalue weighted by Crippen LogP contribution is -2.30. The Morgan fingerprint density at radius 1 is 1.10 bits per heavy atom. The smallest absolute Gasteiger partial charge is 0.265 e. The molecule has 0 aliphatic carbocycles. The fourth-order valence-corrected chi connectivity index (χ4v) is 3.63. The van der Waals surface area contributed by atoms with E-state index in [1.165, 1.54) is 6.42 Å². The lowest BCUT2D eigenvalue weighted by molar-refractivity contribution is -0.122. The Bertz CT molecular complexity index is 1010. The monoisotopic (exact) mass is 390 g/mol. The molecule has 0 saturated heterocycles. The molecule has 0 bridgehead atoms. The van der Waals surface area contributed by atoms with Crippen molar-refractivity contribution < 1.29 is 9.53 Å². The third-order valence-corrected chi connectivity index (χ3v) is 5.17. The highest BCUT2D eigenvalue weighted by molar-refractivity contribution is 5.94.